The van der Waals surface area contributed by atoms with Crippen molar-refractivity contribution in [1.29, 1.82) is 0 Å². The number of halogens is 1. The SMILES string of the molecule is CCOC(=O)CC(=O)N(CCN1CCCCS1(=O)=O)c1cc(Cc2ccc(F)cc2)cnc1C(=O)O. The van der Waals surface area contributed by atoms with Crippen LogP contribution < -0.4 is 4.90 Å². The average Bonchev–Trinajstić information content (AvgIpc) is 2.81. The van der Waals surface area contributed by atoms with Crippen LogP contribution in [0.2, 0.25) is 0 Å². The van der Waals surface area contributed by atoms with Crippen molar-refractivity contribution in [2.75, 3.05) is 36.9 Å². The van der Waals surface area contributed by atoms with Crippen LogP contribution in [-0.4, -0.2) is 72.7 Å². The lowest BCUT2D eigenvalue weighted by atomic mass is 10.0. The smallest absolute Gasteiger partial charge is 0.356 e. The summed E-state index contributed by atoms with van der Waals surface area (Å²) in [6.07, 6.45) is 2.19. The molecule has 1 fully saturated rings. The summed E-state index contributed by atoms with van der Waals surface area (Å²) in [5.41, 5.74) is 0.791. The van der Waals surface area contributed by atoms with E-state index in [-0.39, 0.29) is 44.1 Å². The molecule has 0 aliphatic carbocycles. The number of hydrogen-bond acceptors (Lipinski definition) is 7. The Morgan fingerprint density at radius 3 is 2.53 bits per heavy atom. The summed E-state index contributed by atoms with van der Waals surface area (Å²) in [6.45, 7) is 1.69. The van der Waals surface area contributed by atoms with Gasteiger partial charge in [0.1, 0.15) is 12.2 Å². The molecule has 1 saturated heterocycles. The highest BCUT2D eigenvalue weighted by molar-refractivity contribution is 7.89. The predicted molar refractivity (Wildman–Crippen MR) is 129 cm³/mol. The van der Waals surface area contributed by atoms with Crippen LogP contribution in [0, 0.1) is 5.82 Å². The number of nitrogens with zero attached hydrogens (tertiary/aromatic N) is 3. The maximum absolute atomic E-state index is 13.3. The van der Waals surface area contributed by atoms with Crippen LogP contribution in [0.15, 0.2) is 36.5 Å². The van der Waals surface area contributed by atoms with Gasteiger partial charge in [-0.15, -0.1) is 0 Å². The minimum atomic E-state index is -3.50. The summed E-state index contributed by atoms with van der Waals surface area (Å²) in [5.74, 6) is -3.32. The molecule has 1 aliphatic heterocycles. The number of amides is 1. The number of carbonyl (C=O) groups is 3. The molecule has 3 rings (SSSR count). The summed E-state index contributed by atoms with van der Waals surface area (Å²) in [5, 5.41) is 9.73. The van der Waals surface area contributed by atoms with E-state index in [4.69, 9.17) is 4.74 Å². The minimum Gasteiger partial charge on any atom is -0.476 e. The lowest BCUT2D eigenvalue weighted by Crippen LogP contribution is -2.45. The van der Waals surface area contributed by atoms with Gasteiger partial charge in [0.2, 0.25) is 15.9 Å². The molecule has 0 unspecified atom stereocenters. The first-order valence-electron chi connectivity index (χ1n) is 11.5. The topological polar surface area (TPSA) is 134 Å². The van der Waals surface area contributed by atoms with E-state index in [1.807, 2.05) is 0 Å². The Morgan fingerprint density at radius 2 is 1.89 bits per heavy atom. The van der Waals surface area contributed by atoms with E-state index < -0.39 is 45.8 Å². The first-order chi connectivity index (χ1) is 17.1. The Bertz CT molecular complexity index is 1220. The fourth-order valence-corrected chi connectivity index (χ4v) is 5.51. The molecule has 0 atom stereocenters. The standard InChI is InChI=1S/C24H28FN3O7S/c1-2-35-22(30)15-21(29)28(11-10-27-9-3-4-12-36(27,33)34)20-14-18(16-26-23(20)24(31)32)13-17-5-7-19(25)8-6-17/h5-8,14,16H,2-4,9-13,15H2,1H3,(H,31,32). The molecule has 1 amide bonds. The number of anilines is 1. The Morgan fingerprint density at radius 1 is 1.17 bits per heavy atom. The summed E-state index contributed by atoms with van der Waals surface area (Å²) in [7, 11) is -3.50. The second-order valence-electron chi connectivity index (χ2n) is 8.27. The third-order valence-electron chi connectivity index (χ3n) is 5.67. The van der Waals surface area contributed by atoms with Gasteiger partial charge in [0.15, 0.2) is 5.69 Å². The highest BCUT2D eigenvalue weighted by atomic mass is 32.2. The number of hydrogen-bond donors (Lipinski definition) is 1. The van der Waals surface area contributed by atoms with Crippen LogP contribution in [0.4, 0.5) is 10.1 Å². The fraction of sp³-hybridized carbons (Fsp3) is 0.417. The minimum absolute atomic E-state index is 0.00113. The molecule has 10 nitrogen and oxygen atoms in total. The average molecular weight is 522 g/mol. The van der Waals surface area contributed by atoms with Gasteiger partial charge in [-0.3, -0.25) is 9.59 Å². The molecule has 2 aromatic rings. The third-order valence-corrected chi connectivity index (χ3v) is 7.62. The Labute approximate surface area is 208 Å². The van der Waals surface area contributed by atoms with Crippen LogP contribution in [0.3, 0.4) is 0 Å². The lowest BCUT2D eigenvalue weighted by Gasteiger charge is -2.30. The first-order valence-corrected chi connectivity index (χ1v) is 13.1. The first kappa shape index (κ1) is 27.2. The molecule has 0 radical (unpaired) electrons. The van der Waals surface area contributed by atoms with Gasteiger partial charge in [0.05, 0.1) is 18.0 Å². The van der Waals surface area contributed by atoms with Crippen molar-refractivity contribution < 1.29 is 37.0 Å². The zero-order valence-electron chi connectivity index (χ0n) is 19.9. The molecule has 0 saturated carbocycles. The van der Waals surface area contributed by atoms with Crippen molar-refractivity contribution in [1.82, 2.24) is 9.29 Å². The van der Waals surface area contributed by atoms with E-state index in [9.17, 15) is 32.3 Å². The van der Waals surface area contributed by atoms with Gasteiger partial charge in [-0.1, -0.05) is 12.1 Å². The molecule has 2 heterocycles. The van der Waals surface area contributed by atoms with E-state index in [2.05, 4.69) is 4.98 Å². The van der Waals surface area contributed by atoms with E-state index in [1.165, 1.54) is 28.7 Å². The number of aromatic nitrogens is 1. The Kier molecular flexibility index (Phi) is 9.10. The molecule has 36 heavy (non-hydrogen) atoms. The summed E-state index contributed by atoms with van der Waals surface area (Å²) >= 11 is 0. The maximum atomic E-state index is 13.3. The van der Waals surface area contributed by atoms with Crippen LogP contribution in [-0.2, 0) is 30.8 Å². The number of esters is 1. The zero-order valence-corrected chi connectivity index (χ0v) is 20.7. The lowest BCUT2D eigenvalue weighted by molar-refractivity contribution is -0.145. The van der Waals surface area contributed by atoms with Gasteiger partial charge in [-0.25, -0.2) is 26.9 Å². The molecule has 0 spiro atoms. The number of ether oxygens (including phenoxy) is 1. The van der Waals surface area contributed by atoms with Gasteiger partial charge in [-0.05, 0) is 55.5 Å². The van der Waals surface area contributed by atoms with E-state index in [1.54, 1.807) is 19.1 Å². The van der Waals surface area contributed by atoms with E-state index in [0.717, 1.165) is 10.5 Å². The van der Waals surface area contributed by atoms with Gasteiger partial charge < -0.3 is 14.7 Å². The number of carboxylic acid groups (broad SMARTS) is 1. The van der Waals surface area contributed by atoms with Crippen molar-refractivity contribution in [3.8, 4) is 0 Å². The molecule has 1 aliphatic rings. The second kappa shape index (κ2) is 12.0. The zero-order chi connectivity index (χ0) is 26.3. The third kappa shape index (κ3) is 7.08. The monoisotopic (exact) mass is 521 g/mol. The van der Waals surface area contributed by atoms with Gasteiger partial charge in [-0.2, -0.15) is 0 Å². The maximum Gasteiger partial charge on any atom is 0.356 e. The molecule has 1 aromatic carbocycles. The molecule has 0 bridgehead atoms. The van der Waals surface area contributed by atoms with Crippen LogP contribution in [0.1, 0.15) is 47.8 Å². The normalized spacial score (nSPS) is 15.3. The van der Waals surface area contributed by atoms with Gasteiger partial charge >= 0.3 is 11.9 Å². The molecular weight excluding hydrogens is 493 g/mol. The number of rotatable bonds is 10. The number of sulfonamides is 1. The quantitative estimate of drug-likeness (QED) is 0.372. The van der Waals surface area contributed by atoms with E-state index >= 15 is 0 Å². The summed E-state index contributed by atoms with van der Waals surface area (Å²) in [6, 6.07) is 7.20. The van der Waals surface area contributed by atoms with E-state index in [0.29, 0.717) is 18.4 Å². The molecule has 1 aromatic heterocycles. The number of benzene rings is 1. The molecule has 1 N–H and O–H groups in total. The second-order valence-corrected chi connectivity index (χ2v) is 10.4. The number of carbonyl (C=O) groups excluding carboxylic acids is 2. The summed E-state index contributed by atoms with van der Waals surface area (Å²) in [4.78, 5) is 42.2. The fourth-order valence-electron chi connectivity index (χ4n) is 3.91. The number of pyridine rings is 1. The van der Waals surface area contributed by atoms with Crippen LogP contribution in [0.25, 0.3) is 0 Å². The number of carboxylic acids is 1. The highest BCUT2D eigenvalue weighted by Gasteiger charge is 2.30. The predicted octanol–water partition coefficient (Wildman–Crippen LogP) is 2.22. The van der Waals surface area contributed by atoms with Crippen LogP contribution >= 0.6 is 0 Å². The van der Waals surface area contributed by atoms with Crippen molar-refractivity contribution in [3.63, 3.8) is 0 Å². The Balaban J connectivity index is 1.96. The van der Waals surface area contributed by atoms with Gasteiger partial charge in [0, 0.05) is 25.8 Å². The van der Waals surface area contributed by atoms with Crippen molar-refractivity contribution in [3.05, 3.63) is 59.2 Å². The highest BCUT2D eigenvalue weighted by Crippen LogP contribution is 2.24. The number of aromatic carboxylic acids is 1. The van der Waals surface area contributed by atoms with Crippen molar-refractivity contribution in [2.24, 2.45) is 0 Å². The van der Waals surface area contributed by atoms with Crippen molar-refractivity contribution >= 4 is 33.6 Å². The molecule has 194 valence electrons. The molecular formula is C24H28FN3O7S. The largest absolute Gasteiger partial charge is 0.476 e. The Hall–Kier alpha value is -3.38. The molecule has 12 heteroatoms. The van der Waals surface area contributed by atoms with Crippen LogP contribution in [0.5, 0.6) is 0 Å². The summed E-state index contributed by atoms with van der Waals surface area (Å²) < 4.78 is 44.3. The van der Waals surface area contributed by atoms with Crippen molar-refractivity contribution in [2.45, 2.75) is 32.6 Å². The van der Waals surface area contributed by atoms with Gasteiger partial charge in [0.25, 0.3) is 0 Å².